The van der Waals surface area contributed by atoms with Gasteiger partial charge in [0.2, 0.25) is 6.29 Å². The van der Waals surface area contributed by atoms with Crippen molar-refractivity contribution in [2.45, 2.75) is 149 Å². The average Bonchev–Trinajstić information content (AvgIpc) is 2.95. The zero-order valence-electron chi connectivity index (χ0n) is 28.3. The van der Waals surface area contributed by atoms with E-state index in [1.165, 1.54) is 5.57 Å². The van der Waals surface area contributed by atoms with Gasteiger partial charge in [0.05, 0.1) is 18.8 Å². The van der Waals surface area contributed by atoms with Crippen molar-refractivity contribution in [3.8, 4) is 0 Å². The van der Waals surface area contributed by atoms with Gasteiger partial charge in [-0.2, -0.15) is 0 Å². The van der Waals surface area contributed by atoms with Crippen molar-refractivity contribution >= 4 is 5.97 Å². The smallest absolute Gasteiger partial charge is 0.317 e. The predicted octanol–water partition coefficient (Wildman–Crippen LogP) is 3.46. The number of carbonyl (C=O) groups is 1. The quantitative estimate of drug-likeness (QED) is 0.202. The first-order valence-electron chi connectivity index (χ1n) is 17.4. The number of esters is 1. The highest BCUT2D eigenvalue weighted by molar-refractivity contribution is 5.80. The summed E-state index contributed by atoms with van der Waals surface area (Å²) in [7, 11) is 0. The Labute approximate surface area is 268 Å². The largest absolute Gasteiger partial charge is 0.432 e. The van der Waals surface area contributed by atoms with Crippen LogP contribution in [0.2, 0.25) is 0 Å². The summed E-state index contributed by atoms with van der Waals surface area (Å²) >= 11 is 0. The molecule has 0 radical (unpaired) electrons. The summed E-state index contributed by atoms with van der Waals surface area (Å²) in [5.74, 6) is -0.157. The van der Waals surface area contributed by atoms with E-state index in [-0.39, 0.29) is 39.1 Å². The number of fused-ring (bicyclic) bond motifs is 7. The van der Waals surface area contributed by atoms with Gasteiger partial charge in [-0.25, -0.2) is 0 Å². The molecular formula is C36H58O9. The summed E-state index contributed by atoms with van der Waals surface area (Å²) in [6.07, 6.45) is 0.341. The zero-order valence-corrected chi connectivity index (χ0v) is 28.3. The van der Waals surface area contributed by atoms with E-state index in [2.05, 4.69) is 54.5 Å². The SMILES string of the molecule is CC1(C)CC[C@@]2(C(=O)OC3O[C@@H](CO)[C@H](O)[C@@H](O)[C@@H]3O)C(C1)C1=CCC3[C@@]4(C)CC[C@H](O)C(C)(C)C4CC[C@@]3(C)[C@]1(C)C[C@H]2O. The topological polar surface area (TPSA) is 157 Å². The number of hydrogen-bond donors (Lipinski definition) is 6. The fourth-order valence-corrected chi connectivity index (χ4v) is 12.1. The van der Waals surface area contributed by atoms with Crippen molar-refractivity contribution in [2.75, 3.05) is 6.61 Å². The molecule has 1 aliphatic heterocycles. The highest BCUT2D eigenvalue weighted by Crippen LogP contribution is 2.75. The van der Waals surface area contributed by atoms with Crippen LogP contribution in [0.15, 0.2) is 11.6 Å². The maximum absolute atomic E-state index is 14.4. The second kappa shape index (κ2) is 10.7. The van der Waals surface area contributed by atoms with E-state index in [1.54, 1.807) is 0 Å². The molecule has 4 unspecified atom stereocenters. The minimum atomic E-state index is -1.70. The highest BCUT2D eigenvalue weighted by atomic mass is 16.7. The van der Waals surface area contributed by atoms with Crippen LogP contribution < -0.4 is 0 Å². The number of aliphatic hydroxyl groups is 6. The number of aliphatic hydroxyl groups excluding tert-OH is 6. The summed E-state index contributed by atoms with van der Waals surface area (Å²) in [5.41, 5.74) is -0.661. The van der Waals surface area contributed by atoms with Crippen molar-refractivity contribution in [1.29, 1.82) is 0 Å². The number of rotatable bonds is 3. The molecule has 0 amide bonds. The fraction of sp³-hybridized carbons (Fsp3) is 0.917. The van der Waals surface area contributed by atoms with Crippen molar-refractivity contribution in [2.24, 2.45) is 50.2 Å². The van der Waals surface area contributed by atoms with E-state index in [4.69, 9.17) is 9.47 Å². The molecule has 6 rings (SSSR count). The summed E-state index contributed by atoms with van der Waals surface area (Å²) in [6.45, 7) is 15.5. The predicted molar refractivity (Wildman–Crippen MR) is 166 cm³/mol. The van der Waals surface area contributed by atoms with Crippen LogP contribution in [0.1, 0.15) is 106 Å². The van der Waals surface area contributed by atoms with Gasteiger partial charge >= 0.3 is 5.97 Å². The molecule has 0 spiro atoms. The Balaban J connectivity index is 1.38. The van der Waals surface area contributed by atoms with Gasteiger partial charge in [0.1, 0.15) is 29.8 Å². The molecule has 9 nitrogen and oxygen atoms in total. The lowest BCUT2D eigenvalue weighted by Gasteiger charge is -2.71. The van der Waals surface area contributed by atoms with Crippen molar-refractivity contribution in [1.82, 2.24) is 0 Å². The second-order valence-electron chi connectivity index (χ2n) is 18.0. The first-order chi connectivity index (χ1) is 20.8. The third kappa shape index (κ3) is 4.54. The molecule has 0 aromatic carbocycles. The van der Waals surface area contributed by atoms with Gasteiger partial charge in [0.15, 0.2) is 0 Å². The Kier molecular flexibility index (Phi) is 8.05. The van der Waals surface area contributed by atoms with Gasteiger partial charge in [0, 0.05) is 0 Å². The van der Waals surface area contributed by atoms with Crippen LogP contribution in [0.25, 0.3) is 0 Å². The van der Waals surface area contributed by atoms with Crippen LogP contribution >= 0.6 is 0 Å². The van der Waals surface area contributed by atoms with Gasteiger partial charge < -0.3 is 40.1 Å². The number of hydrogen-bond acceptors (Lipinski definition) is 9. The van der Waals surface area contributed by atoms with E-state index in [9.17, 15) is 35.4 Å². The van der Waals surface area contributed by atoms with Crippen LogP contribution in [0.3, 0.4) is 0 Å². The average molecular weight is 635 g/mol. The summed E-state index contributed by atoms with van der Waals surface area (Å²) in [6, 6.07) is 0. The fourth-order valence-electron chi connectivity index (χ4n) is 12.1. The third-order valence-corrected chi connectivity index (χ3v) is 15.1. The van der Waals surface area contributed by atoms with Gasteiger partial charge in [-0.15, -0.1) is 0 Å². The van der Waals surface area contributed by atoms with Gasteiger partial charge in [-0.1, -0.05) is 60.1 Å². The molecule has 45 heavy (non-hydrogen) atoms. The Bertz CT molecular complexity index is 1210. The minimum Gasteiger partial charge on any atom is -0.432 e. The highest BCUT2D eigenvalue weighted by Gasteiger charge is 2.71. The standard InChI is InChI=1S/C36H58O9/c1-31(2)14-15-36(30(43)45-29-28(42)27(41)26(40)21(18-37)44-29)20(16-31)19-8-9-23-33(5)12-11-24(38)32(3,4)22(33)10-13-34(23,6)35(19,7)17-25(36)39/h8,20-29,37-42H,9-18H2,1-7H3/t20?,21-,22?,23?,24-,25+,26-,27+,28-,29?,33-,34+,35+,36+/m0/s1. The van der Waals surface area contributed by atoms with Crippen LogP contribution in [0, 0.1) is 50.2 Å². The molecule has 256 valence electrons. The molecule has 1 heterocycles. The molecule has 0 aromatic heterocycles. The Morgan fingerprint density at radius 1 is 0.844 bits per heavy atom. The van der Waals surface area contributed by atoms with Crippen LogP contribution in [-0.4, -0.2) is 86.1 Å². The van der Waals surface area contributed by atoms with E-state index >= 15 is 0 Å². The first-order valence-corrected chi connectivity index (χ1v) is 17.4. The van der Waals surface area contributed by atoms with Crippen LogP contribution in [-0.2, 0) is 14.3 Å². The molecule has 14 atom stereocenters. The number of ether oxygens (including phenoxy) is 2. The molecule has 0 aromatic rings. The van der Waals surface area contributed by atoms with E-state index < -0.39 is 54.8 Å². The normalized spacial score (nSPS) is 53.6. The molecule has 5 aliphatic carbocycles. The van der Waals surface area contributed by atoms with E-state index in [1.807, 2.05) is 0 Å². The first kappa shape index (κ1) is 33.8. The number of allylic oxidation sites excluding steroid dienone is 2. The van der Waals surface area contributed by atoms with Gasteiger partial charge in [-0.05, 0) is 103 Å². The lowest BCUT2D eigenvalue weighted by atomic mass is 9.33. The molecule has 9 heteroatoms. The van der Waals surface area contributed by atoms with Crippen LogP contribution in [0.5, 0.6) is 0 Å². The Hall–Kier alpha value is -1.07. The monoisotopic (exact) mass is 634 g/mol. The Morgan fingerprint density at radius 2 is 1.53 bits per heavy atom. The van der Waals surface area contributed by atoms with Crippen molar-refractivity contribution < 1.29 is 44.9 Å². The van der Waals surface area contributed by atoms with Crippen molar-refractivity contribution in [3.05, 3.63) is 11.6 Å². The molecule has 4 saturated carbocycles. The Morgan fingerprint density at radius 3 is 2.20 bits per heavy atom. The summed E-state index contributed by atoms with van der Waals surface area (Å²) < 4.78 is 11.4. The lowest BCUT2D eigenvalue weighted by molar-refractivity contribution is -0.299. The molecular weight excluding hydrogens is 576 g/mol. The molecule has 5 fully saturated rings. The number of carbonyl (C=O) groups excluding carboxylic acids is 1. The maximum Gasteiger partial charge on any atom is 0.317 e. The maximum atomic E-state index is 14.4. The lowest BCUT2D eigenvalue weighted by Crippen LogP contribution is -2.68. The molecule has 1 saturated heterocycles. The van der Waals surface area contributed by atoms with E-state index in [0.29, 0.717) is 37.5 Å². The zero-order chi connectivity index (χ0) is 33.1. The van der Waals surface area contributed by atoms with E-state index in [0.717, 1.165) is 32.1 Å². The molecule has 0 bridgehead atoms. The molecule has 6 N–H and O–H groups in total. The molecule has 6 aliphatic rings. The summed E-state index contributed by atoms with van der Waals surface area (Å²) in [5, 5.41) is 64.3. The minimum absolute atomic E-state index is 0.0497. The second-order valence-corrected chi connectivity index (χ2v) is 18.0. The summed E-state index contributed by atoms with van der Waals surface area (Å²) in [4.78, 5) is 14.4. The van der Waals surface area contributed by atoms with Gasteiger partial charge in [0.25, 0.3) is 0 Å². The van der Waals surface area contributed by atoms with Crippen molar-refractivity contribution in [3.63, 3.8) is 0 Å². The van der Waals surface area contributed by atoms with Gasteiger partial charge in [-0.3, -0.25) is 4.79 Å². The van der Waals surface area contributed by atoms with Crippen LogP contribution in [0.4, 0.5) is 0 Å². The third-order valence-electron chi connectivity index (χ3n) is 15.1.